The van der Waals surface area contributed by atoms with Crippen LogP contribution in [0.2, 0.25) is 0 Å². The first kappa shape index (κ1) is 17.7. The third kappa shape index (κ3) is 5.95. The number of esters is 1. The van der Waals surface area contributed by atoms with E-state index in [0.717, 1.165) is 0 Å². The van der Waals surface area contributed by atoms with E-state index in [0.29, 0.717) is 5.69 Å². The molecule has 2 amide bonds. The molecule has 0 radical (unpaired) electrons. The molecule has 1 aromatic carbocycles. The lowest BCUT2D eigenvalue weighted by atomic mass is 10.1. The highest BCUT2D eigenvalue weighted by Crippen LogP contribution is 2.13. The number of carbonyl (C=O) groups is 3. The fraction of sp³-hybridized carbons (Fsp3) is 0.438. The summed E-state index contributed by atoms with van der Waals surface area (Å²) in [6, 6.07) is 6.34. The highest BCUT2D eigenvalue weighted by Gasteiger charge is 2.23. The molecule has 120 valence electrons. The van der Waals surface area contributed by atoms with E-state index in [1.165, 1.54) is 19.9 Å². The van der Waals surface area contributed by atoms with Gasteiger partial charge in [-0.05, 0) is 45.9 Å². The van der Waals surface area contributed by atoms with Crippen LogP contribution in [0.3, 0.4) is 0 Å². The quantitative estimate of drug-likeness (QED) is 0.834. The Morgan fingerprint density at radius 3 is 2.36 bits per heavy atom. The second-order valence-electron chi connectivity index (χ2n) is 6.05. The van der Waals surface area contributed by atoms with Crippen LogP contribution in [0.5, 0.6) is 0 Å². The predicted octanol–water partition coefficient (Wildman–Crippen LogP) is 2.10. The van der Waals surface area contributed by atoms with Crippen LogP contribution in [0.1, 0.15) is 45.0 Å². The van der Waals surface area contributed by atoms with Crippen molar-refractivity contribution in [3.05, 3.63) is 29.8 Å². The molecule has 1 aromatic rings. The first-order valence-corrected chi connectivity index (χ1v) is 6.99. The third-order valence-corrected chi connectivity index (χ3v) is 2.57. The van der Waals surface area contributed by atoms with Crippen LogP contribution in [0.15, 0.2) is 24.3 Å². The van der Waals surface area contributed by atoms with Crippen molar-refractivity contribution in [3.8, 4) is 0 Å². The maximum Gasteiger partial charge on any atom is 0.338 e. The molecule has 1 rings (SSSR count). The zero-order chi connectivity index (χ0) is 16.9. The minimum Gasteiger partial charge on any atom is -0.449 e. The van der Waals surface area contributed by atoms with Gasteiger partial charge in [0.15, 0.2) is 6.10 Å². The number of hydrogen-bond acceptors (Lipinski definition) is 4. The van der Waals surface area contributed by atoms with Gasteiger partial charge in [0.05, 0.1) is 5.56 Å². The molecule has 0 saturated heterocycles. The van der Waals surface area contributed by atoms with Crippen LogP contribution >= 0.6 is 0 Å². The fourth-order valence-corrected chi connectivity index (χ4v) is 1.68. The lowest BCUT2D eigenvalue weighted by Gasteiger charge is -2.23. The molecule has 0 spiro atoms. The van der Waals surface area contributed by atoms with Crippen molar-refractivity contribution >= 4 is 23.5 Å². The van der Waals surface area contributed by atoms with Gasteiger partial charge in [0, 0.05) is 18.2 Å². The van der Waals surface area contributed by atoms with Gasteiger partial charge in [-0.1, -0.05) is 6.07 Å². The van der Waals surface area contributed by atoms with Gasteiger partial charge in [0.2, 0.25) is 5.91 Å². The van der Waals surface area contributed by atoms with Gasteiger partial charge < -0.3 is 15.4 Å². The lowest BCUT2D eigenvalue weighted by Crippen LogP contribution is -2.46. The van der Waals surface area contributed by atoms with Gasteiger partial charge in [-0.25, -0.2) is 4.79 Å². The van der Waals surface area contributed by atoms with Crippen LogP contribution < -0.4 is 10.6 Å². The normalized spacial score (nSPS) is 12.2. The molecule has 0 aromatic heterocycles. The van der Waals surface area contributed by atoms with Crippen LogP contribution in [0, 0.1) is 0 Å². The molecule has 0 unspecified atom stereocenters. The summed E-state index contributed by atoms with van der Waals surface area (Å²) in [5, 5.41) is 5.32. The Balaban J connectivity index is 2.72. The Kier molecular flexibility index (Phi) is 5.68. The Bertz CT molecular complexity index is 576. The first-order chi connectivity index (χ1) is 10.1. The molecule has 0 aliphatic carbocycles. The zero-order valence-corrected chi connectivity index (χ0v) is 13.5. The number of nitrogens with one attached hydrogen (secondary N) is 2. The molecular formula is C16H22N2O4. The summed E-state index contributed by atoms with van der Waals surface area (Å²) in [4.78, 5) is 35.0. The molecule has 6 heteroatoms. The van der Waals surface area contributed by atoms with Gasteiger partial charge in [0.25, 0.3) is 5.91 Å². The van der Waals surface area contributed by atoms with E-state index in [1.54, 1.807) is 18.2 Å². The summed E-state index contributed by atoms with van der Waals surface area (Å²) in [6.07, 6.45) is -0.906. The van der Waals surface area contributed by atoms with E-state index in [1.807, 2.05) is 20.8 Å². The number of anilines is 1. The maximum atomic E-state index is 12.0. The van der Waals surface area contributed by atoms with Crippen molar-refractivity contribution in [2.75, 3.05) is 5.32 Å². The SMILES string of the molecule is CC(=O)Nc1cccc(C(=O)O[C@H](C)C(=O)NC(C)(C)C)c1. The van der Waals surface area contributed by atoms with Crippen LogP contribution in [0.25, 0.3) is 0 Å². The lowest BCUT2D eigenvalue weighted by molar-refractivity contribution is -0.130. The molecule has 1 atom stereocenters. The maximum absolute atomic E-state index is 12.0. The van der Waals surface area contributed by atoms with Crippen LogP contribution in [-0.2, 0) is 14.3 Å². The molecular weight excluding hydrogens is 284 g/mol. The van der Waals surface area contributed by atoms with Crippen molar-refractivity contribution < 1.29 is 19.1 Å². The Morgan fingerprint density at radius 2 is 1.82 bits per heavy atom. The number of amides is 2. The summed E-state index contributed by atoms with van der Waals surface area (Å²) in [5.74, 6) is -1.22. The highest BCUT2D eigenvalue weighted by atomic mass is 16.5. The highest BCUT2D eigenvalue weighted by molar-refractivity contribution is 5.95. The average Bonchev–Trinajstić information content (AvgIpc) is 2.36. The van der Waals surface area contributed by atoms with Gasteiger partial charge in [-0.2, -0.15) is 0 Å². The standard InChI is InChI=1S/C16H22N2O4/c1-10(14(20)18-16(3,4)5)22-15(21)12-7-6-8-13(9-12)17-11(2)19/h6-10H,1-5H3,(H,17,19)(H,18,20)/t10-/m1/s1. The minimum absolute atomic E-state index is 0.233. The predicted molar refractivity (Wildman–Crippen MR) is 83.5 cm³/mol. The summed E-state index contributed by atoms with van der Waals surface area (Å²) in [5.41, 5.74) is 0.360. The Hall–Kier alpha value is -2.37. The Labute approximate surface area is 130 Å². The van der Waals surface area contributed by atoms with Gasteiger partial charge in [-0.3, -0.25) is 9.59 Å². The van der Waals surface area contributed by atoms with E-state index in [-0.39, 0.29) is 17.4 Å². The number of benzene rings is 1. The largest absolute Gasteiger partial charge is 0.449 e. The van der Waals surface area contributed by atoms with Crippen molar-refractivity contribution in [1.82, 2.24) is 5.32 Å². The molecule has 2 N–H and O–H groups in total. The van der Waals surface area contributed by atoms with Crippen molar-refractivity contribution in [3.63, 3.8) is 0 Å². The van der Waals surface area contributed by atoms with Crippen molar-refractivity contribution in [1.29, 1.82) is 0 Å². The monoisotopic (exact) mass is 306 g/mol. The van der Waals surface area contributed by atoms with E-state index in [2.05, 4.69) is 10.6 Å². The van der Waals surface area contributed by atoms with Crippen LogP contribution in [-0.4, -0.2) is 29.4 Å². The van der Waals surface area contributed by atoms with E-state index in [9.17, 15) is 14.4 Å². The molecule has 0 aliphatic rings. The van der Waals surface area contributed by atoms with E-state index < -0.39 is 17.6 Å². The zero-order valence-electron chi connectivity index (χ0n) is 13.5. The number of carbonyl (C=O) groups excluding carboxylic acids is 3. The molecule has 6 nitrogen and oxygen atoms in total. The summed E-state index contributed by atoms with van der Waals surface area (Å²) >= 11 is 0. The summed E-state index contributed by atoms with van der Waals surface area (Å²) < 4.78 is 5.14. The number of hydrogen-bond donors (Lipinski definition) is 2. The van der Waals surface area contributed by atoms with Crippen molar-refractivity contribution in [2.45, 2.75) is 46.3 Å². The number of ether oxygens (including phenoxy) is 1. The molecule has 0 fully saturated rings. The van der Waals surface area contributed by atoms with Crippen molar-refractivity contribution in [2.24, 2.45) is 0 Å². The average molecular weight is 306 g/mol. The van der Waals surface area contributed by atoms with E-state index >= 15 is 0 Å². The molecule has 22 heavy (non-hydrogen) atoms. The molecule has 0 aliphatic heterocycles. The van der Waals surface area contributed by atoms with Gasteiger partial charge in [-0.15, -0.1) is 0 Å². The second kappa shape index (κ2) is 7.06. The van der Waals surface area contributed by atoms with Crippen LogP contribution in [0.4, 0.5) is 5.69 Å². The molecule has 0 saturated carbocycles. The fourth-order valence-electron chi connectivity index (χ4n) is 1.68. The molecule has 0 bridgehead atoms. The summed E-state index contributed by atoms with van der Waals surface area (Å²) in [6.45, 7) is 8.42. The van der Waals surface area contributed by atoms with Gasteiger partial charge in [0.1, 0.15) is 0 Å². The number of rotatable bonds is 4. The van der Waals surface area contributed by atoms with E-state index in [4.69, 9.17) is 4.74 Å². The molecule has 0 heterocycles. The first-order valence-electron chi connectivity index (χ1n) is 6.99. The second-order valence-corrected chi connectivity index (χ2v) is 6.05. The topological polar surface area (TPSA) is 84.5 Å². The summed E-state index contributed by atoms with van der Waals surface area (Å²) in [7, 11) is 0. The third-order valence-electron chi connectivity index (χ3n) is 2.57. The Morgan fingerprint density at radius 1 is 1.18 bits per heavy atom. The van der Waals surface area contributed by atoms with Gasteiger partial charge >= 0.3 is 5.97 Å². The minimum atomic E-state index is -0.906. The smallest absolute Gasteiger partial charge is 0.338 e.